The van der Waals surface area contributed by atoms with Crippen LogP contribution in [-0.4, -0.2) is 42.4 Å². The minimum atomic E-state index is -0.0983. The van der Waals surface area contributed by atoms with Gasteiger partial charge in [0.05, 0.1) is 25.4 Å². The third-order valence-electron chi connectivity index (χ3n) is 3.24. The normalized spacial score (nSPS) is 10.5. The van der Waals surface area contributed by atoms with Crippen molar-refractivity contribution >= 4 is 5.91 Å². The SMILES string of the molecule is CCNCCNC(=O)c1cnn(Cc2ccc(OC)cc2)c1. The standard InChI is InChI=1S/C16H22N4O2/c1-3-17-8-9-18-16(21)14-10-19-20(12-14)11-13-4-6-15(22-2)7-5-13/h4-7,10,12,17H,3,8-9,11H2,1-2H3,(H,18,21). The predicted octanol–water partition coefficient (Wildman–Crippen LogP) is 1.28. The van der Waals surface area contributed by atoms with Crippen molar-refractivity contribution in [3.63, 3.8) is 0 Å². The van der Waals surface area contributed by atoms with Crippen molar-refractivity contribution in [3.05, 3.63) is 47.8 Å². The minimum Gasteiger partial charge on any atom is -0.497 e. The molecule has 118 valence electrons. The number of nitrogens with zero attached hydrogens (tertiary/aromatic N) is 2. The van der Waals surface area contributed by atoms with Gasteiger partial charge >= 0.3 is 0 Å². The molecule has 22 heavy (non-hydrogen) atoms. The Morgan fingerprint density at radius 1 is 1.27 bits per heavy atom. The number of carbonyl (C=O) groups is 1. The number of aromatic nitrogens is 2. The van der Waals surface area contributed by atoms with Gasteiger partial charge < -0.3 is 15.4 Å². The van der Waals surface area contributed by atoms with Crippen LogP contribution in [0.15, 0.2) is 36.7 Å². The van der Waals surface area contributed by atoms with Crippen molar-refractivity contribution in [3.8, 4) is 5.75 Å². The Bertz CT molecular complexity index is 592. The number of methoxy groups -OCH3 is 1. The molecule has 0 aliphatic rings. The van der Waals surface area contributed by atoms with Gasteiger partial charge in [0.15, 0.2) is 0 Å². The molecule has 0 fully saturated rings. The van der Waals surface area contributed by atoms with Crippen molar-refractivity contribution in [2.45, 2.75) is 13.5 Å². The average Bonchev–Trinajstić information content (AvgIpc) is 3.01. The monoisotopic (exact) mass is 302 g/mol. The fourth-order valence-corrected chi connectivity index (χ4v) is 2.03. The first-order chi connectivity index (χ1) is 10.7. The Morgan fingerprint density at radius 3 is 2.73 bits per heavy atom. The maximum Gasteiger partial charge on any atom is 0.254 e. The van der Waals surface area contributed by atoms with Gasteiger partial charge in [0.1, 0.15) is 5.75 Å². The number of nitrogens with one attached hydrogen (secondary N) is 2. The zero-order valence-electron chi connectivity index (χ0n) is 13.0. The van der Waals surface area contributed by atoms with Gasteiger partial charge in [-0.25, -0.2) is 0 Å². The molecule has 1 heterocycles. The molecule has 2 aromatic rings. The highest BCUT2D eigenvalue weighted by Crippen LogP contribution is 2.12. The summed E-state index contributed by atoms with van der Waals surface area (Å²) in [6, 6.07) is 7.79. The van der Waals surface area contributed by atoms with E-state index in [0.29, 0.717) is 18.7 Å². The Labute approximate surface area is 130 Å². The highest BCUT2D eigenvalue weighted by atomic mass is 16.5. The number of ether oxygens (including phenoxy) is 1. The van der Waals surface area contributed by atoms with Gasteiger partial charge in [-0.15, -0.1) is 0 Å². The molecule has 6 nitrogen and oxygen atoms in total. The van der Waals surface area contributed by atoms with Gasteiger partial charge in [0.2, 0.25) is 0 Å². The van der Waals surface area contributed by atoms with Crippen LogP contribution in [0.1, 0.15) is 22.8 Å². The highest BCUT2D eigenvalue weighted by Gasteiger charge is 2.08. The van der Waals surface area contributed by atoms with Crippen LogP contribution in [0.2, 0.25) is 0 Å². The number of hydrogen-bond acceptors (Lipinski definition) is 4. The van der Waals surface area contributed by atoms with Crippen LogP contribution in [0, 0.1) is 0 Å². The quantitative estimate of drug-likeness (QED) is 0.721. The van der Waals surface area contributed by atoms with Gasteiger partial charge in [0.25, 0.3) is 5.91 Å². The number of hydrogen-bond donors (Lipinski definition) is 2. The zero-order valence-corrected chi connectivity index (χ0v) is 13.0. The average molecular weight is 302 g/mol. The fraction of sp³-hybridized carbons (Fsp3) is 0.375. The van der Waals surface area contributed by atoms with Crippen LogP contribution < -0.4 is 15.4 Å². The van der Waals surface area contributed by atoms with Gasteiger partial charge in [0, 0.05) is 19.3 Å². The molecular formula is C16H22N4O2. The molecule has 0 saturated heterocycles. The lowest BCUT2D eigenvalue weighted by Gasteiger charge is -2.04. The minimum absolute atomic E-state index is 0.0983. The number of carbonyl (C=O) groups excluding carboxylic acids is 1. The van der Waals surface area contributed by atoms with E-state index in [4.69, 9.17) is 4.74 Å². The van der Waals surface area contributed by atoms with E-state index in [0.717, 1.165) is 24.4 Å². The maximum atomic E-state index is 11.9. The summed E-state index contributed by atoms with van der Waals surface area (Å²) in [6.45, 7) is 4.92. The first-order valence-electron chi connectivity index (χ1n) is 7.37. The molecule has 0 aliphatic carbocycles. The van der Waals surface area contributed by atoms with E-state index in [1.54, 1.807) is 24.2 Å². The molecule has 0 unspecified atom stereocenters. The predicted molar refractivity (Wildman–Crippen MR) is 85.2 cm³/mol. The van der Waals surface area contributed by atoms with Crippen molar-refractivity contribution in [2.75, 3.05) is 26.7 Å². The van der Waals surface area contributed by atoms with Crippen LogP contribution in [-0.2, 0) is 6.54 Å². The molecule has 1 amide bonds. The van der Waals surface area contributed by atoms with E-state index in [1.807, 2.05) is 31.2 Å². The number of benzene rings is 1. The fourth-order valence-electron chi connectivity index (χ4n) is 2.03. The molecule has 2 N–H and O–H groups in total. The van der Waals surface area contributed by atoms with E-state index < -0.39 is 0 Å². The molecule has 6 heteroatoms. The van der Waals surface area contributed by atoms with E-state index >= 15 is 0 Å². The smallest absolute Gasteiger partial charge is 0.254 e. The molecule has 0 atom stereocenters. The second kappa shape index (κ2) is 8.19. The van der Waals surface area contributed by atoms with E-state index in [1.165, 1.54) is 0 Å². The number of rotatable bonds is 8. The summed E-state index contributed by atoms with van der Waals surface area (Å²) in [6.07, 6.45) is 3.35. The van der Waals surface area contributed by atoms with Crippen LogP contribution >= 0.6 is 0 Å². The summed E-state index contributed by atoms with van der Waals surface area (Å²) in [7, 11) is 1.64. The van der Waals surface area contributed by atoms with Crippen LogP contribution in [0.25, 0.3) is 0 Å². The van der Waals surface area contributed by atoms with Crippen LogP contribution in [0.4, 0.5) is 0 Å². The van der Waals surface area contributed by atoms with Crippen LogP contribution in [0.5, 0.6) is 5.75 Å². The second-order valence-corrected chi connectivity index (χ2v) is 4.88. The summed E-state index contributed by atoms with van der Waals surface area (Å²) < 4.78 is 6.88. The summed E-state index contributed by atoms with van der Waals surface area (Å²) in [4.78, 5) is 11.9. The third-order valence-corrected chi connectivity index (χ3v) is 3.24. The molecule has 0 bridgehead atoms. The molecule has 1 aromatic carbocycles. The Kier molecular flexibility index (Phi) is 5.97. The lowest BCUT2D eigenvalue weighted by atomic mass is 10.2. The van der Waals surface area contributed by atoms with Crippen LogP contribution in [0.3, 0.4) is 0 Å². The van der Waals surface area contributed by atoms with Crippen molar-refractivity contribution in [1.29, 1.82) is 0 Å². The molecular weight excluding hydrogens is 280 g/mol. The second-order valence-electron chi connectivity index (χ2n) is 4.88. The van der Waals surface area contributed by atoms with Crippen molar-refractivity contribution in [1.82, 2.24) is 20.4 Å². The van der Waals surface area contributed by atoms with Gasteiger partial charge in [-0.1, -0.05) is 19.1 Å². The first kappa shape index (κ1) is 16.0. The van der Waals surface area contributed by atoms with E-state index in [-0.39, 0.29) is 5.91 Å². The number of amides is 1. The lowest BCUT2D eigenvalue weighted by Crippen LogP contribution is -2.31. The summed E-state index contributed by atoms with van der Waals surface area (Å²) >= 11 is 0. The zero-order chi connectivity index (χ0) is 15.8. The van der Waals surface area contributed by atoms with Crippen molar-refractivity contribution in [2.24, 2.45) is 0 Å². The molecule has 1 aromatic heterocycles. The molecule has 2 rings (SSSR count). The van der Waals surface area contributed by atoms with Gasteiger partial charge in [-0.3, -0.25) is 9.48 Å². The Balaban J connectivity index is 1.88. The maximum absolute atomic E-state index is 11.9. The molecule has 0 radical (unpaired) electrons. The molecule has 0 spiro atoms. The summed E-state index contributed by atoms with van der Waals surface area (Å²) in [5.74, 6) is 0.726. The van der Waals surface area contributed by atoms with E-state index in [9.17, 15) is 4.79 Å². The van der Waals surface area contributed by atoms with Gasteiger partial charge in [-0.05, 0) is 24.2 Å². The van der Waals surface area contributed by atoms with Crippen molar-refractivity contribution < 1.29 is 9.53 Å². The highest BCUT2D eigenvalue weighted by molar-refractivity contribution is 5.93. The Morgan fingerprint density at radius 2 is 2.05 bits per heavy atom. The molecule has 0 aliphatic heterocycles. The summed E-state index contributed by atoms with van der Waals surface area (Å²) in [5, 5.41) is 10.2. The Hall–Kier alpha value is -2.34. The lowest BCUT2D eigenvalue weighted by molar-refractivity contribution is 0.0954. The summed E-state index contributed by atoms with van der Waals surface area (Å²) in [5.41, 5.74) is 1.67. The topological polar surface area (TPSA) is 68.2 Å². The largest absolute Gasteiger partial charge is 0.497 e. The number of likely N-dealkylation sites (N-methyl/N-ethyl adjacent to an activating group) is 1. The van der Waals surface area contributed by atoms with Gasteiger partial charge in [-0.2, -0.15) is 5.10 Å². The first-order valence-corrected chi connectivity index (χ1v) is 7.37. The molecule has 0 saturated carbocycles. The van der Waals surface area contributed by atoms with E-state index in [2.05, 4.69) is 15.7 Å². The third kappa shape index (κ3) is 4.60.